The van der Waals surface area contributed by atoms with Crippen molar-refractivity contribution in [3.8, 4) is 11.3 Å². The second-order valence-electron chi connectivity index (χ2n) is 5.73. The van der Waals surface area contributed by atoms with Crippen molar-refractivity contribution in [2.45, 2.75) is 12.5 Å². The van der Waals surface area contributed by atoms with Gasteiger partial charge in [0.25, 0.3) is 0 Å². The lowest BCUT2D eigenvalue weighted by atomic mass is 10.1. The molecule has 0 aromatic carbocycles. The highest BCUT2D eigenvalue weighted by Gasteiger charge is 2.18. The van der Waals surface area contributed by atoms with E-state index in [9.17, 15) is 4.79 Å². The van der Waals surface area contributed by atoms with Crippen molar-refractivity contribution in [3.63, 3.8) is 0 Å². The van der Waals surface area contributed by atoms with E-state index < -0.39 is 0 Å². The number of thiophene rings is 1. The number of thiazole rings is 1. The average Bonchev–Trinajstić information content (AvgIpc) is 3.42. The monoisotopic (exact) mass is 380 g/mol. The van der Waals surface area contributed by atoms with Crippen LogP contribution < -0.4 is 5.32 Å². The van der Waals surface area contributed by atoms with E-state index in [1.807, 2.05) is 47.4 Å². The molecule has 0 aliphatic heterocycles. The number of nitrogens with zero attached hydrogens (tertiary/aromatic N) is 3. The Morgan fingerprint density at radius 3 is 2.81 bits per heavy atom. The molecule has 4 rings (SSSR count). The van der Waals surface area contributed by atoms with Gasteiger partial charge in [-0.1, -0.05) is 0 Å². The summed E-state index contributed by atoms with van der Waals surface area (Å²) in [4.78, 5) is 21.2. The van der Waals surface area contributed by atoms with Crippen molar-refractivity contribution in [2.75, 3.05) is 5.32 Å². The number of anilines is 1. The van der Waals surface area contributed by atoms with Crippen molar-refractivity contribution in [1.29, 1.82) is 0 Å². The van der Waals surface area contributed by atoms with E-state index in [4.69, 9.17) is 0 Å². The number of aromatic nitrogens is 3. The highest BCUT2D eigenvalue weighted by molar-refractivity contribution is 7.14. The molecule has 4 aromatic rings. The molecule has 0 saturated heterocycles. The summed E-state index contributed by atoms with van der Waals surface area (Å²) >= 11 is 3.06. The fraction of sp³-hybridized carbons (Fsp3) is 0.105. The number of rotatable bonds is 6. The zero-order chi connectivity index (χ0) is 17.8. The van der Waals surface area contributed by atoms with E-state index in [0.29, 0.717) is 11.6 Å². The maximum Gasteiger partial charge on any atom is 0.228 e. The van der Waals surface area contributed by atoms with Crippen LogP contribution in [0.3, 0.4) is 0 Å². The quantitative estimate of drug-likeness (QED) is 0.528. The van der Waals surface area contributed by atoms with Gasteiger partial charge in [0, 0.05) is 35.7 Å². The highest BCUT2D eigenvalue weighted by Crippen LogP contribution is 2.27. The van der Waals surface area contributed by atoms with E-state index >= 15 is 0 Å². The second-order valence-corrected chi connectivity index (χ2v) is 7.37. The van der Waals surface area contributed by atoms with Gasteiger partial charge >= 0.3 is 0 Å². The summed E-state index contributed by atoms with van der Waals surface area (Å²) in [5.74, 6) is -0.0537. The first-order valence-electron chi connectivity index (χ1n) is 8.10. The SMILES string of the molecule is O=C(CC(c1ccsc1)n1cccc1)Nc1nc(-c2cccnc2)cs1. The van der Waals surface area contributed by atoms with Gasteiger partial charge in [0.1, 0.15) is 0 Å². The van der Waals surface area contributed by atoms with Gasteiger partial charge < -0.3 is 9.88 Å². The van der Waals surface area contributed by atoms with Crippen LogP contribution in [0.15, 0.2) is 71.3 Å². The van der Waals surface area contributed by atoms with Crippen LogP contribution in [0.5, 0.6) is 0 Å². The van der Waals surface area contributed by atoms with Crippen LogP contribution >= 0.6 is 22.7 Å². The fourth-order valence-electron chi connectivity index (χ4n) is 2.74. The van der Waals surface area contributed by atoms with Crippen LogP contribution in [0.25, 0.3) is 11.3 Å². The van der Waals surface area contributed by atoms with Gasteiger partial charge in [0.05, 0.1) is 18.2 Å². The van der Waals surface area contributed by atoms with Crippen LogP contribution in [-0.2, 0) is 4.79 Å². The summed E-state index contributed by atoms with van der Waals surface area (Å²) in [5, 5.41) is 9.57. The number of hydrogen-bond donors (Lipinski definition) is 1. The van der Waals surface area contributed by atoms with Gasteiger partial charge in [-0.05, 0) is 46.7 Å². The van der Waals surface area contributed by atoms with Gasteiger partial charge in [-0.2, -0.15) is 11.3 Å². The molecule has 1 N–H and O–H groups in total. The molecule has 0 radical (unpaired) electrons. The lowest BCUT2D eigenvalue weighted by Crippen LogP contribution is -2.19. The Kier molecular flexibility index (Phi) is 4.90. The predicted molar refractivity (Wildman–Crippen MR) is 105 cm³/mol. The van der Waals surface area contributed by atoms with E-state index in [1.54, 1.807) is 23.7 Å². The maximum absolute atomic E-state index is 12.6. The Bertz CT molecular complexity index is 928. The van der Waals surface area contributed by atoms with Gasteiger partial charge in [-0.15, -0.1) is 11.3 Å². The lowest BCUT2D eigenvalue weighted by Gasteiger charge is -2.17. The van der Waals surface area contributed by atoms with E-state index in [-0.39, 0.29) is 11.9 Å². The summed E-state index contributed by atoms with van der Waals surface area (Å²) in [6.07, 6.45) is 7.82. The Morgan fingerprint density at radius 2 is 2.08 bits per heavy atom. The maximum atomic E-state index is 12.6. The molecule has 4 heterocycles. The molecule has 1 amide bonds. The van der Waals surface area contributed by atoms with Crippen molar-refractivity contribution < 1.29 is 4.79 Å². The first-order chi connectivity index (χ1) is 12.8. The lowest BCUT2D eigenvalue weighted by molar-refractivity contribution is -0.116. The molecule has 1 unspecified atom stereocenters. The first-order valence-corrected chi connectivity index (χ1v) is 9.92. The van der Waals surface area contributed by atoms with Crippen molar-refractivity contribution in [3.05, 3.63) is 76.8 Å². The highest BCUT2D eigenvalue weighted by atomic mass is 32.1. The van der Waals surface area contributed by atoms with Gasteiger partial charge in [-0.25, -0.2) is 4.98 Å². The largest absolute Gasteiger partial charge is 0.346 e. The van der Waals surface area contributed by atoms with Crippen molar-refractivity contribution in [2.24, 2.45) is 0 Å². The second kappa shape index (κ2) is 7.63. The fourth-order valence-corrected chi connectivity index (χ4v) is 4.18. The molecule has 0 bridgehead atoms. The smallest absolute Gasteiger partial charge is 0.228 e. The zero-order valence-corrected chi connectivity index (χ0v) is 15.4. The number of pyridine rings is 1. The molecule has 0 spiro atoms. The minimum Gasteiger partial charge on any atom is -0.346 e. The molecule has 0 fully saturated rings. The van der Waals surface area contributed by atoms with E-state index in [1.165, 1.54) is 11.3 Å². The third-order valence-electron chi connectivity index (χ3n) is 4.00. The van der Waals surface area contributed by atoms with E-state index in [0.717, 1.165) is 16.8 Å². The van der Waals surface area contributed by atoms with Crippen molar-refractivity contribution in [1.82, 2.24) is 14.5 Å². The summed E-state index contributed by atoms with van der Waals surface area (Å²) in [6.45, 7) is 0. The summed E-state index contributed by atoms with van der Waals surface area (Å²) in [6, 6.07) is 9.80. The molecule has 7 heteroatoms. The molecule has 130 valence electrons. The minimum atomic E-state index is -0.0537. The summed E-state index contributed by atoms with van der Waals surface area (Å²) in [5.41, 5.74) is 2.89. The van der Waals surface area contributed by atoms with Gasteiger partial charge in [-0.3, -0.25) is 9.78 Å². The molecule has 26 heavy (non-hydrogen) atoms. The van der Waals surface area contributed by atoms with Crippen LogP contribution in [0, 0.1) is 0 Å². The molecule has 1 atom stereocenters. The summed E-state index contributed by atoms with van der Waals surface area (Å²) < 4.78 is 2.06. The minimum absolute atomic E-state index is 0.0194. The molecular formula is C19H16N4OS2. The molecule has 0 aliphatic carbocycles. The molecule has 0 saturated carbocycles. The third kappa shape index (κ3) is 3.74. The van der Waals surface area contributed by atoms with Crippen molar-refractivity contribution >= 4 is 33.7 Å². The van der Waals surface area contributed by atoms with Crippen LogP contribution in [0.4, 0.5) is 5.13 Å². The molecule has 4 aromatic heterocycles. The Hall–Kier alpha value is -2.77. The third-order valence-corrected chi connectivity index (χ3v) is 5.46. The van der Waals surface area contributed by atoms with Crippen LogP contribution in [0.1, 0.15) is 18.0 Å². The number of amides is 1. The van der Waals surface area contributed by atoms with Crippen LogP contribution in [-0.4, -0.2) is 20.4 Å². The average molecular weight is 380 g/mol. The Labute approximate surface area is 159 Å². The number of hydrogen-bond acceptors (Lipinski definition) is 5. The normalized spacial score (nSPS) is 12.0. The summed E-state index contributed by atoms with van der Waals surface area (Å²) in [7, 11) is 0. The number of nitrogens with one attached hydrogen (secondary N) is 1. The Balaban J connectivity index is 1.47. The van der Waals surface area contributed by atoms with Gasteiger partial charge in [0.2, 0.25) is 5.91 Å². The van der Waals surface area contributed by atoms with Gasteiger partial charge in [0.15, 0.2) is 5.13 Å². The zero-order valence-electron chi connectivity index (χ0n) is 13.8. The molecular weight excluding hydrogens is 364 g/mol. The number of carbonyl (C=O) groups is 1. The molecule has 5 nitrogen and oxygen atoms in total. The Morgan fingerprint density at radius 1 is 1.19 bits per heavy atom. The number of carbonyl (C=O) groups excluding carboxylic acids is 1. The van der Waals surface area contributed by atoms with Crippen LogP contribution in [0.2, 0.25) is 0 Å². The topological polar surface area (TPSA) is 59.8 Å². The van der Waals surface area contributed by atoms with E-state index in [2.05, 4.69) is 31.3 Å². The standard InChI is InChI=1S/C19H16N4OS2/c24-18(10-17(15-5-9-25-12-15)23-7-1-2-8-23)22-19-21-16(13-26-19)14-4-3-6-20-11-14/h1-9,11-13,17H,10H2,(H,21,22,24). The molecule has 0 aliphatic rings. The predicted octanol–water partition coefficient (Wildman–Crippen LogP) is 4.69. The first kappa shape index (κ1) is 16.7.